The van der Waals surface area contributed by atoms with Gasteiger partial charge < -0.3 is 10.5 Å². The maximum absolute atomic E-state index is 11.1. The van der Waals surface area contributed by atoms with Gasteiger partial charge in [0.2, 0.25) is 5.78 Å². The Morgan fingerprint density at radius 3 is 3.05 bits per heavy atom. The van der Waals surface area contributed by atoms with Gasteiger partial charge in [-0.3, -0.25) is 9.48 Å². The second-order valence-electron chi connectivity index (χ2n) is 4.24. The second-order valence-corrected chi connectivity index (χ2v) is 4.24. The van der Waals surface area contributed by atoms with Crippen molar-refractivity contribution < 1.29 is 9.53 Å². The van der Waals surface area contributed by atoms with Gasteiger partial charge >= 0.3 is 0 Å². The molecule has 6 heteroatoms. The molecule has 0 aliphatic rings. The van der Waals surface area contributed by atoms with Crippen molar-refractivity contribution in [2.75, 3.05) is 13.2 Å². The number of rotatable bonds is 9. The van der Waals surface area contributed by atoms with Crippen LogP contribution < -0.4 is 5.73 Å². The van der Waals surface area contributed by atoms with E-state index in [0.717, 1.165) is 25.8 Å². The smallest absolute Gasteiger partial charge is 0.231 e. The summed E-state index contributed by atoms with van der Waals surface area (Å²) in [7, 11) is 0. The monoisotopic (exact) mass is 264 g/mol. The van der Waals surface area contributed by atoms with Crippen molar-refractivity contribution in [2.45, 2.75) is 38.8 Å². The van der Waals surface area contributed by atoms with Gasteiger partial charge in [-0.05, 0) is 32.1 Å². The third-order valence-electron chi connectivity index (χ3n) is 2.51. The zero-order valence-corrected chi connectivity index (χ0v) is 11.2. The summed E-state index contributed by atoms with van der Waals surface area (Å²) in [6.45, 7) is 2.88. The Balaban J connectivity index is 1.99. The summed E-state index contributed by atoms with van der Waals surface area (Å²) >= 11 is 0. The Bertz CT molecular complexity index is 420. The van der Waals surface area contributed by atoms with E-state index in [1.54, 1.807) is 17.8 Å². The summed E-state index contributed by atoms with van der Waals surface area (Å²) in [5.74, 6) is 4.75. The Kier molecular flexibility index (Phi) is 7.47. The van der Waals surface area contributed by atoms with Crippen LogP contribution in [0.2, 0.25) is 0 Å². The maximum Gasteiger partial charge on any atom is 0.231 e. The molecule has 0 radical (unpaired) electrons. The Labute approximate surface area is 113 Å². The van der Waals surface area contributed by atoms with E-state index in [-0.39, 0.29) is 18.4 Å². The van der Waals surface area contributed by atoms with E-state index in [4.69, 9.17) is 10.5 Å². The molecule has 1 unspecified atom stereocenters. The summed E-state index contributed by atoms with van der Waals surface area (Å²) < 4.78 is 7.00. The number of hydrogen-bond donors (Lipinski definition) is 1. The second kappa shape index (κ2) is 9.25. The van der Waals surface area contributed by atoms with Crippen molar-refractivity contribution >= 4 is 5.78 Å². The molecule has 0 aliphatic heterocycles. The van der Waals surface area contributed by atoms with Gasteiger partial charge in [0.05, 0.1) is 12.8 Å². The molecule has 19 heavy (non-hydrogen) atoms. The van der Waals surface area contributed by atoms with Crippen LogP contribution in [-0.4, -0.2) is 40.0 Å². The molecular formula is C13H20N4O2. The molecule has 0 spiro atoms. The molecule has 104 valence electrons. The zero-order chi connectivity index (χ0) is 13.9. The van der Waals surface area contributed by atoms with E-state index in [9.17, 15) is 4.79 Å². The number of ether oxygens (including phenoxy) is 1. The fourth-order valence-electron chi connectivity index (χ4n) is 1.59. The Hall–Kier alpha value is -1.71. The van der Waals surface area contributed by atoms with E-state index < -0.39 is 0 Å². The molecule has 0 saturated heterocycles. The van der Waals surface area contributed by atoms with Crippen LogP contribution in [0.5, 0.6) is 0 Å². The highest BCUT2D eigenvalue weighted by molar-refractivity contribution is 5.96. The molecule has 0 aromatic carbocycles. The normalized spacial score (nSPS) is 11.7. The zero-order valence-electron chi connectivity index (χ0n) is 11.2. The first-order chi connectivity index (χ1) is 9.22. The topological polar surface area (TPSA) is 83.0 Å². The van der Waals surface area contributed by atoms with E-state index >= 15 is 0 Å². The predicted octanol–water partition coefficient (Wildman–Crippen LogP) is 0.385. The Morgan fingerprint density at radius 2 is 2.37 bits per heavy atom. The number of carbonyl (C=O) groups is 1. The summed E-state index contributed by atoms with van der Waals surface area (Å²) in [5, 5.41) is 7.61. The average molecular weight is 264 g/mol. The fourth-order valence-corrected chi connectivity index (χ4v) is 1.59. The van der Waals surface area contributed by atoms with Gasteiger partial charge in [-0.25, -0.2) is 0 Å². The van der Waals surface area contributed by atoms with Crippen molar-refractivity contribution in [3.8, 4) is 11.8 Å². The Morgan fingerprint density at radius 1 is 1.53 bits per heavy atom. The molecular weight excluding hydrogens is 244 g/mol. The first-order valence-corrected chi connectivity index (χ1v) is 6.35. The van der Waals surface area contributed by atoms with E-state index in [2.05, 4.69) is 22.2 Å². The number of unbranched alkanes of at least 4 members (excludes halogenated alkanes) is 1. The van der Waals surface area contributed by atoms with Crippen LogP contribution in [0.15, 0.2) is 12.4 Å². The molecule has 1 rings (SSSR count). The number of nitrogens with two attached hydrogens (primary N) is 1. The van der Waals surface area contributed by atoms with Gasteiger partial charge in [0, 0.05) is 18.8 Å². The van der Waals surface area contributed by atoms with Crippen molar-refractivity contribution in [1.82, 2.24) is 15.0 Å². The lowest BCUT2D eigenvalue weighted by Crippen LogP contribution is -2.27. The van der Waals surface area contributed by atoms with E-state index in [0.29, 0.717) is 6.61 Å². The van der Waals surface area contributed by atoms with Gasteiger partial charge in [0.1, 0.15) is 6.61 Å². The fraction of sp³-hybridized carbons (Fsp3) is 0.615. The van der Waals surface area contributed by atoms with Gasteiger partial charge in [-0.15, -0.1) is 5.10 Å². The number of ketones is 1. The van der Waals surface area contributed by atoms with E-state index in [1.165, 1.54) is 0 Å². The minimum atomic E-state index is -0.208. The number of nitrogens with zero attached hydrogens (tertiary/aromatic N) is 3. The van der Waals surface area contributed by atoms with Crippen molar-refractivity contribution in [1.29, 1.82) is 0 Å². The molecule has 6 nitrogen and oxygen atoms in total. The minimum Gasteiger partial charge on any atom is -0.371 e. The van der Waals surface area contributed by atoms with Crippen LogP contribution in [0.3, 0.4) is 0 Å². The maximum atomic E-state index is 11.1. The molecule has 1 atom stereocenters. The molecule has 0 aliphatic carbocycles. The van der Waals surface area contributed by atoms with Gasteiger partial charge in [-0.2, -0.15) is 0 Å². The number of aromatic nitrogens is 3. The SMILES string of the molecule is CC#CC(=O)COCC(N)CCCCn1ccnn1. The molecule has 0 fully saturated rings. The lowest BCUT2D eigenvalue weighted by atomic mass is 10.1. The van der Waals surface area contributed by atoms with Crippen molar-refractivity contribution in [2.24, 2.45) is 5.73 Å². The van der Waals surface area contributed by atoms with Gasteiger partial charge in [0.15, 0.2) is 0 Å². The number of carbonyl (C=O) groups excluding carboxylic acids is 1. The number of Topliss-reactive ketones (excluding diaryl/α,β-unsaturated/α-hetero) is 1. The lowest BCUT2D eigenvalue weighted by Gasteiger charge is -2.10. The first kappa shape index (κ1) is 15.3. The van der Waals surface area contributed by atoms with Gasteiger partial charge in [0.25, 0.3) is 0 Å². The van der Waals surface area contributed by atoms with Gasteiger partial charge in [-0.1, -0.05) is 11.1 Å². The molecule has 1 heterocycles. The van der Waals surface area contributed by atoms with Crippen LogP contribution in [0.1, 0.15) is 26.2 Å². The largest absolute Gasteiger partial charge is 0.371 e. The number of hydrogen-bond acceptors (Lipinski definition) is 5. The van der Waals surface area contributed by atoms with Crippen LogP contribution in [0, 0.1) is 11.8 Å². The molecule has 0 saturated carbocycles. The average Bonchev–Trinajstić information content (AvgIpc) is 2.88. The third-order valence-corrected chi connectivity index (χ3v) is 2.51. The third kappa shape index (κ3) is 7.34. The van der Waals surface area contributed by atoms with Crippen LogP contribution in [0.25, 0.3) is 0 Å². The minimum absolute atomic E-state index is 0.0213. The summed E-state index contributed by atoms with van der Waals surface area (Å²) in [6, 6.07) is -0.0434. The molecule has 1 aromatic rings. The van der Waals surface area contributed by atoms with Crippen LogP contribution in [-0.2, 0) is 16.1 Å². The van der Waals surface area contributed by atoms with Crippen LogP contribution >= 0.6 is 0 Å². The molecule has 2 N–H and O–H groups in total. The first-order valence-electron chi connectivity index (χ1n) is 6.35. The van der Waals surface area contributed by atoms with Crippen LogP contribution in [0.4, 0.5) is 0 Å². The lowest BCUT2D eigenvalue weighted by molar-refractivity contribution is -0.118. The summed E-state index contributed by atoms with van der Waals surface area (Å²) in [4.78, 5) is 11.1. The highest BCUT2D eigenvalue weighted by Crippen LogP contribution is 2.01. The molecule has 1 aromatic heterocycles. The standard InChI is InChI=1S/C13H20N4O2/c1-2-5-13(18)11-19-10-12(14)6-3-4-8-17-9-7-15-16-17/h7,9,12H,3-4,6,8,10-11,14H2,1H3. The summed E-state index contributed by atoms with van der Waals surface area (Å²) in [6.07, 6.45) is 6.35. The number of aryl methyl sites for hydroxylation is 1. The summed E-state index contributed by atoms with van der Waals surface area (Å²) in [5.41, 5.74) is 5.89. The molecule has 0 amide bonds. The van der Waals surface area contributed by atoms with E-state index in [1.807, 2.05) is 6.20 Å². The quantitative estimate of drug-likeness (QED) is 0.396. The highest BCUT2D eigenvalue weighted by atomic mass is 16.5. The molecule has 0 bridgehead atoms. The van der Waals surface area contributed by atoms with Crippen molar-refractivity contribution in [3.63, 3.8) is 0 Å². The predicted molar refractivity (Wildman–Crippen MR) is 71.1 cm³/mol. The van der Waals surface area contributed by atoms with Crippen molar-refractivity contribution in [3.05, 3.63) is 12.4 Å². The highest BCUT2D eigenvalue weighted by Gasteiger charge is 2.04.